The van der Waals surface area contributed by atoms with Gasteiger partial charge in [-0.25, -0.2) is 8.42 Å². The van der Waals surface area contributed by atoms with E-state index in [1.54, 1.807) is 11.0 Å². The van der Waals surface area contributed by atoms with E-state index in [1.807, 2.05) is 0 Å². The average molecular weight is 376 g/mol. The summed E-state index contributed by atoms with van der Waals surface area (Å²) in [6.45, 7) is 2.73. The Morgan fingerprint density at radius 2 is 1.88 bits per heavy atom. The van der Waals surface area contributed by atoms with Crippen molar-refractivity contribution in [1.82, 2.24) is 15.1 Å². The third-order valence-electron chi connectivity index (χ3n) is 3.70. The maximum absolute atomic E-state index is 12.4. The van der Waals surface area contributed by atoms with E-state index in [-0.39, 0.29) is 41.2 Å². The summed E-state index contributed by atoms with van der Waals surface area (Å²) in [7, 11) is -1.84. The first-order valence-electron chi connectivity index (χ1n) is 7.33. The van der Waals surface area contributed by atoms with Gasteiger partial charge >= 0.3 is 0 Å². The van der Waals surface area contributed by atoms with Gasteiger partial charge in [0.15, 0.2) is 9.84 Å². The third kappa shape index (κ3) is 5.19. The van der Waals surface area contributed by atoms with Gasteiger partial charge < -0.3 is 15.1 Å². The minimum absolute atomic E-state index is 0. The summed E-state index contributed by atoms with van der Waals surface area (Å²) in [4.78, 5) is 27.7. The summed E-state index contributed by atoms with van der Waals surface area (Å²) in [6.07, 6.45) is 1.09. The van der Waals surface area contributed by atoms with Crippen LogP contribution in [0.4, 0.5) is 0 Å². The highest BCUT2D eigenvalue weighted by Crippen LogP contribution is 2.13. The van der Waals surface area contributed by atoms with Crippen LogP contribution in [0.2, 0.25) is 0 Å². The van der Waals surface area contributed by atoms with Crippen molar-refractivity contribution in [2.45, 2.75) is 4.90 Å². The predicted molar refractivity (Wildman–Crippen MR) is 93.2 cm³/mol. The normalized spacial score (nSPS) is 14.7. The van der Waals surface area contributed by atoms with Gasteiger partial charge in [-0.05, 0) is 18.2 Å². The first kappa shape index (κ1) is 20.4. The quantitative estimate of drug-likeness (QED) is 0.801. The number of hydrogen-bond acceptors (Lipinski definition) is 5. The summed E-state index contributed by atoms with van der Waals surface area (Å²) < 4.78 is 23.1. The van der Waals surface area contributed by atoms with Crippen molar-refractivity contribution in [2.75, 3.05) is 46.0 Å². The second-order valence-corrected chi connectivity index (χ2v) is 7.61. The van der Waals surface area contributed by atoms with E-state index in [2.05, 4.69) is 5.32 Å². The lowest BCUT2D eigenvalue weighted by Gasteiger charge is -2.29. The van der Waals surface area contributed by atoms with Crippen LogP contribution in [0.1, 0.15) is 10.4 Å². The fraction of sp³-hybridized carbons (Fsp3) is 0.467. The molecule has 2 rings (SSSR count). The molecule has 1 aliphatic heterocycles. The van der Waals surface area contributed by atoms with Crippen LogP contribution in [0.15, 0.2) is 29.2 Å². The molecule has 0 unspecified atom stereocenters. The van der Waals surface area contributed by atoms with Crippen molar-refractivity contribution in [1.29, 1.82) is 0 Å². The summed E-state index contributed by atoms with van der Waals surface area (Å²) >= 11 is 0. The number of rotatable bonds is 4. The predicted octanol–water partition coefficient (Wildman–Crippen LogP) is 0.0157. The molecule has 1 saturated heterocycles. The van der Waals surface area contributed by atoms with Crippen LogP contribution < -0.4 is 5.32 Å². The van der Waals surface area contributed by atoms with Gasteiger partial charge in [-0.1, -0.05) is 6.07 Å². The number of nitrogens with one attached hydrogen (secondary N) is 1. The standard InChI is InChI=1S/C15H21N3O4S.ClH/c1-17(11-14(19)18-8-6-16-7-9-18)15(20)12-4-3-5-13(10-12)23(2,21)22;/h3-5,10,16H,6-9,11H2,1-2H3;1H. The summed E-state index contributed by atoms with van der Waals surface area (Å²) in [6, 6.07) is 5.85. The number of nitrogens with zero attached hydrogens (tertiary/aromatic N) is 2. The Bertz CT molecular complexity index is 702. The molecule has 0 radical (unpaired) electrons. The van der Waals surface area contributed by atoms with Gasteiger partial charge in [-0.3, -0.25) is 9.59 Å². The second-order valence-electron chi connectivity index (χ2n) is 5.59. The zero-order valence-electron chi connectivity index (χ0n) is 13.7. The lowest BCUT2D eigenvalue weighted by molar-refractivity contribution is -0.132. The van der Waals surface area contributed by atoms with E-state index in [1.165, 1.54) is 30.1 Å². The van der Waals surface area contributed by atoms with Gasteiger partial charge in [0.05, 0.1) is 11.4 Å². The summed E-state index contributed by atoms with van der Waals surface area (Å²) in [5.41, 5.74) is 0.253. The summed E-state index contributed by atoms with van der Waals surface area (Å²) in [5.74, 6) is -0.486. The minimum atomic E-state index is -3.38. The second kappa shape index (κ2) is 8.46. The molecule has 0 atom stereocenters. The first-order valence-corrected chi connectivity index (χ1v) is 9.22. The average Bonchev–Trinajstić information content (AvgIpc) is 2.54. The molecule has 1 fully saturated rings. The largest absolute Gasteiger partial charge is 0.339 e. The molecule has 134 valence electrons. The van der Waals surface area contributed by atoms with Gasteiger partial charge in [-0.2, -0.15) is 0 Å². The Labute approximate surface area is 148 Å². The van der Waals surface area contributed by atoms with Crippen LogP contribution in [0.3, 0.4) is 0 Å². The molecule has 0 aromatic heterocycles. The molecule has 1 aliphatic rings. The lowest BCUT2D eigenvalue weighted by Crippen LogP contribution is -2.49. The van der Waals surface area contributed by atoms with Crippen molar-refractivity contribution in [2.24, 2.45) is 0 Å². The van der Waals surface area contributed by atoms with Gasteiger partial charge in [-0.15, -0.1) is 12.4 Å². The highest BCUT2D eigenvalue weighted by Gasteiger charge is 2.21. The van der Waals surface area contributed by atoms with Crippen LogP contribution in [-0.4, -0.2) is 76.1 Å². The monoisotopic (exact) mass is 375 g/mol. The number of carbonyl (C=O) groups excluding carboxylic acids is 2. The van der Waals surface area contributed by atoms with Crippen LogP contribution in [-0.2, 0) is 14.6 Å². The molecule has 1 heterocycles. The third-order valence-corrected chi connectivity index (χ3v) is 4.81. The van der Waals surface area contributed by atoms with Crippen molar-refractivity contribution in [3.05, 3.63) is 29.8 Å². The number of amides is 2. The zero-order valence-corrected chi connectivity index (χ0v) is 15.3. The van der Waals surface area contributed by atoms with Gasteiger partial charge in [0.2, 0.25) is 5.91 Å². The molecule has 0 spiro atoms. The molecule has 7 nitrogen and oxygen atoms in total. The topological polar surface area (TPSA) is 86.8 Å². The number of likely N-dealkylation sites (N-methyl/N-ethyl adjacent to an activating group) is 1. The molecule has 2 amide bonds. The summed E-state index contributed by atoms with van der Waals surface area (Å²) in [5, 5.41) is 3.16. The van der Waals surface area contributed by atoms with E-state index >= 15 is 0 Å². The lowest BCUT2D eigenvalue weighted by atomic mass is 10.2. The minimum Gasteiger partial charge on any atom is -0.339 e. The number of halogens is 1. The van der Waals surface area contributed by atoms with E-state index < -0.39 is 9.84 Å². The molecule has 24 heavy (non-hydrogen) atoms. The molecular weight excluding hydrogens is 354 g/mol. The number of piperazine rings is 1. The maximum atomic E-state index is 12.4. The van der Waals surface area contributed by atoms with Gasteiger partial charge in [0.25, 0.3) is 5.91 Å². The Kier molecular flexibility index (Phi) is 7.19. The molecule has 1 aromatic rings. The SMILES string of the molecule is CN(CC(=O)N1CCNCC1)C(=O)c1cccc(S(C)(=O)=O)c1.Cl. The van der Waals surface area contributed by atoms with Crippen molar-refractivity contribution >= 4 is 34.1 Å². The van der Waals surface area contributed by atoms with Crippen molar-refractivity contribution in [3.63, 3.8) is 0 Å². The van der Waals surface area contributed by atoms with Gasteiger partial charge in [0, 0.05) is 45.0 Å². The number of benzene rings is 1. The Morgan fingerprint density at radius 1 is 1.25 bits per heavy atom. The van der Waals surface area contributed by atoms with E-state index in [9.17, 15) is 18.0 Å². The highest BCUT2D eigenvalue weighted by atomic mass is 35.5. The van der Waals surface area contributed by atoms with Crippen molar-refractivity contribution < 1.29 is 18.0 Å². The zero-order chi connectivity index (χ0) is 17.0. The molecule has 1 aromatic carbocycles. The number of sulfone groups is 1. The molecule has 9 heteroatoms. The molecular formula is C15H22ClN3O4S. The molecule has 1 N–H and O–H groups in total. The maximum Gasteiger partial charge on any atom is 0.254 e. The van der Waals surface area contributed by atoms with E-state index in [0.29, 0.717) is 13.1 Å². The fourth-order valence-electron chi connectivity index (χ4n) is 2.37. The smallest absolute Gasteiger partial charge is 0.254 e. The number of carbonyl (C=O) groups is 2. The Morgan fingerprint density at radius 3 is 2.46 bits per heavy atom. The Hall–Kier alpha value is -1.64. The van der Waals surface area contributed by atoms with Crippen LogP contribution in [0.5, 0.6) is 0 Å². The van der Waals surface area contributed by atoms with Crippen LogP contribution in [0.25, 0.3) is 0 Å². The van der Waals surface area contributed by atoms with Crippen molar-refractivity contribution in [3.8, 4) is 0 Å². The van der Waals surface area contributed by atoms with Crippen LogP contribution >= 0.6 is 12.4 Å². The molecule has 0 bridgehead atoms. The Balaban J connectivity index is 0.00000288. The first-order chi connectivity index (χ1) is 10.8. The fourth-order valence-corrected chi connectivity index (χ4v) is 3.04. The van der Waals surface area contributed by atoms with Crippen LogP contribution in [0, 0.1) is 0 Å². The molecule has 0 aliphatic carbocycles. The van der Waals surface area contributed by atoms with Gasteiger partial charge in [0.1, 0.15) is 0 Å². The van der Waals surface area contributed by atoms with E-state index in [4.69, 9.17) is 0 Å². The highest BCUT2D eigenvalue weighted by molar-refractivity contribution is 7.90. The van der Waals surface area contributed by atoms with E-state index in [0.717, 1.165) is 19.3 Å². The number of hydrogen-bond donors (Lipinski definition) is 1. The molecule has 0 saturated carbocycles.